The van der Waals surface area contributed by atoms with Crippen molar-refractivity contribution in [3.63, 3.8) is 0 Å². The van der Waals surface area contributed by atoms with E-state index in [1.165, 1.54) is 67.2 Å². The minimum atomic E-state index is -0.115. The van der Waals surface area contributed by atoms with Gasteiger partial charge in [-0.15, -0.1) is 0 Å². The summed E-state index contributed by atoms with van der Waals surface area (Å²) < 4.78 is 2.72. The Kier molecular flexibility index (Phi) is 8.18. The smallest absolute Gasteiger partial charge is 0.244 e. The number of hydrogen-bond acceptors (Lipinski definition) is 3. The van der Waals surface area contributed by atoms with Gasteiger partial charge in [-0.1, -0.05) is 64.7 Å². The van der Waals surface area contributed by atoms with Crippen molar-refractivity contribution < 1.29 is 0 Å². The number of rotatable bonds is 11. The topological polar surface area (TPSA) is 52.7 Å². The van der Waals surface area contributed by atoms with Gasteiger partial charge < -0.3 is 0 Å². The van der Waals surface area contributed by atoms with E-state index in [1.807, 2.05) is 0 Å². The molecule has 0 amide bonds. The highest BCUT2D eigenvalue weighted by Gasteiger charge is 2.01. The van der Waals surface area contributed by atoms with Crippen molar-refractivity contribution in [2.75, 3.05) is 0 Å². The minimum absolute atomic E-state index is 0.115. The predicted molar refractivity (Wildman–Crippen MR) is 77.1 cm³/mol. The highest BCUT2D eigenvalue weighted by atomic mass is 16.2. The summed E-state index contributed by atoms with van der Waals surface area (Å²) in [6.45, 7) is 2.95. The molecule has 0 aliphatic heterocycles. The minimum Gasteiger partial charge on any atom is -0.244 e. The fourth-order valence-corrected chi connectivity index (χ4v) is 2.24. The molecular weight excluding hydrogens is 240 g/mol. The van der Waals surface area contributed by atoms with Gasteiger partial charge in [-0.25, -0.2) is 4.79 Å². The fourth-order valence-electron chi connectivity index (χ4n) is 2.24. The molecule has 0 unspecified atom stereocenters. The van der Waals surface area contributed by atoms with Crippen molar-refractivity contribution in [3.8, 4) is 0 Å². The summed E-state index contributed by atoms with van der Waals surface area (Å²) in [5, 5.41) is 7.51. The van der Waals surface area contributed by atoms with Crippen molar-refractivity contribution in [3.05, 3.63) is 10.5 Å². The molecule has 5 heteroatoms. The summed E-state index contributed by atoms with van der Waals surface area (Å²) in [6.07, 6.45) is 13.0. The first-order chi connectivity index (χ1) is 9.25. The Labute approximate surface area is 116 Å². The van der Waals surface area contributed by atoms with Crippen LogP contribution < -0.4 is 5.69 Å². The van der Waals surface area contributed by atoms with Crippen LogP contribution in [0, 0.1) is 0 Å². The van der Waals surface area contributed by atoms with Crippen LogP contribution in [-0.4, -0.2) is 19.8 Å². The van der Waals surface area contributed by atoms with Gasteiger partial charge in [-0.3, -0.25) is 0 Å². The first kappa shape index (κ1) is 15.9. The molecule has 0 saturated heterocycles. The van der Waals surface area contributed by atoms with Crippen molar-refractivity contribution in [2.24, 2.45) is 7.05 Å². The monoisotopic (exact) mass is 268 g/mol. The molecule has 1 aromatic rings. The van der Waals surface area contributed by atoms with E-state index >= 15 is 0 Å². The highest BCUT2D eigenvalue weighted by Crippen LogP contribution is 2.10. The van der Waals surface area contributed by atoms with Crippen LogP contribution in [-0.2, 0) is 13.6 Å². The first-order valence-corrected chi connectivity index (χ1v) is 7.72. The van der Waals surface area contributed by atoms with E-state index in [9.17, 15) is 4.79 Å². The van der Waals surface area contributed by atoms with Crippen LogP contribution in [0.5, 0.6) is 0 Å². The lowest BCUT2D eigenvalue weighted by molar-refractivity contribution is 0.500. The van der Waals surface area contributed by atoms with E-state index < -0.39 is 0 Å². The number of hydrogen-bond donors (Lipinski definition) is 0. The molecule has 0 atom stereocenters. The molecule has 0 radical (unpaired) electrons. The van der Waals surface area contributed by atoms with Gasteiger partial charge in [0.15, 0.2) is 0 Å². The van der Waals surface area contributed by atoms with Crippen LogP contribution in [0.15, 0.2) is 4.79 Å². The summed E-state index contributed by atoms with van der Waals surface area (Å²) in [6, 6.07) is 0. The Morgan fingerprint density at radius 1 is 0.842 bits per heavy atom. The lowest BCUT2D eigenvalue weighted by atomic mass is 10.1. The van der Waals surface area contributed by atoms with Crippen LogP contribution in [0.25, 0.3) is 0 Å². The van der Waals surface area contributed by atoms with E-state index in [2.05, 4.69) is 17.4 Å². The number of aromatic nitrogens is 4. The van der Waals surface area contributed by atoms with Gasteiger partial charge >= 0.3 is 5.69 Å². The molecule has 0 bridgehead atoms. The molecule has 0 aromatic carbocycles. The van der Waals surface area contributed by atoms with Crippen LogP contribution >= 0.6 is 0 Å². The van der Waals surface area contributed by atoms with E-state index in [1.54, 1.807) is 7.05 Å². The van der Waals surface area contributed by atoms with Crippen LogP contribution in [0.3, 0.4) is 0 Å². The summed E-state index contributed by atoms with van der Waals surface area (Å²) in [5.41, 5.74) is -0.115. The van der Waals surface area contributed by atoms with Crippen molar-refractivity contribution in [1.29, 1.82) is 0 Å². The van der Waals surface area contributed by atoms with Crippen molar-refractivity contribution in [2.45, 2.75) is 77.7 Å². The molecule has 0 spiro atoms. The normalized spacial score (nSPS) is 11.1. The zero-order valence-corrected chi connectivity index (χ0v) is 12.5. The lowest BCUT2D eigenvalue weighted by Gasteiger charge is -2.02. The number of nitrogens with zero attached hydrogens (tertiary/aromatic N) is 4. The molecule has 1 heterocycles. The van der Waals surface area contributed by atoms with Gasteiger partial charge in [0, 0.05) is 13.6 Å². The van der Waals surface area contributed by atoms with Crippen molar-refractivity contribution >= 4 is 0 Å². The summed E-state index contributed by atoms with van der Waals surface area (Å²) in [7, 11) is 1.63. The van der Waals surface area contributed by atoms with E-state index in [0.29, 0.717) is 6.54 Å². The Hall–Kier alpha value is -1.13. The zero-order chi connectivity index (χ0) is 13.9. The maximum Gasteiger partial charge on any atom is 0.363 e. The number of tetrazole rings is 1. The van der Waals surface area contributed by atoms with Gasteiger partial charge in [0.05, 0.1) is 0 Å². The molecule has 0 N–H and O–H groups in total. The van der Waals surface area contributed by atoms with Gasteiger partial charge in [0.2, 0.25) is 0 Å². The van der Waals surface area contributed by atoms with E-state index in [4.69, 9.17) is 0 Å². The number of aryl methyl sites for hydroxylation is 2. The standard InChI is InChI=1S/C14H28N4O/c1-3-4-5-6-7-8-9-10-11-12-13-18-14(19)17(2)15-16-18/h3-13H2,1-2H3. The van der Waals surface area contributed by atoms with Gasteiger partial charge in [-0.05, 0) is 16.8 Å². The second-order valence-electron chi connectivity index (χ2n) is 5.29. The predicted octanol–water partition coefficient (Wildman–Crippen LogP) is 2.90. The molecule has 19 heavy (non-hydrogen) atoms. The summed E-state index contributed by atoms with van der Waals surface area (Å²) >= 11 is 0. The molecule has 0 fully saturated rings. The Balaban J connectivity index is 1.91. The third kappa shape index (κ3) is 6.55. The molecular formula is C14H28N4O. The molecule has 1 aromatic heterocycles. The molecule has 0 aliphatic rings. The number of unbranched alkanes of at least 4 members (excludes halogenated alkanes) is 9. The van der Waals surface area contributed by atoms with Crippen LogP contribution in [0.1, 0.15) is 71.1 Å². The molecule has 110 valence electrons. The Bertz CT molecular complexity index is 383. The molecule has 0 saturated carbocycles. The molecule has 1 rings (SSSR count). The fraction of sp³-hybridized carbons (Fsp3) is 0.929. The summed E-state index contributed by atoms with van der Waals surface area (Å²) in [4.78, 5) is 11.5. The lowest BCUT2D eigenvalue weighted by Crippen LogP contribution is -2.23. The van der Waals surface area contributed by atoms with E-state index in [0.717, 1.165) is 6.42 Å². The Morgan fingerprint density at radius 2 is 1.37 bits per heavy atom. The quantitative estimate of drug-likeness (QED) is 0.580. The average molecular weight is 268 g/mol. The molecule has 5 nitrogen and oxygen atoms in total. The largest absolute Gasteiger partial charge is 0.363 e. The summed E-state index contributed by atoms with van der Waals surface area (Å²) in [5.74, 6) is 0. The van der Waals surface area contributed by atoms with Gasteiger partial charge in [-0.2, -0.15) is 9.36 Å². The maximum atomic E-state index is 11.5. The highest BCUT2D eigenvalue weighted by molar-refractivity contribution is 4.56. The maximum absolute atomic E-state index is 11.5. The first-order valence-electron chi connectivity index (χ1n) is 7.72. The van der Waals surface area contributed by atoms with Crippen molar-refractivity contribution in [1.82, 2.24) is 19.8 Å². The van der Waals surface area contributed by atoms with Crippen LogP contribution in [0.2, 0.25) is 0 Å². The van der Waals surface area contributed by atoms with Gasteiger partial charge in [0.25, 0.3) is 0 Å². The van der Waals surface area contributed by atoms with E-state index in [-0.39, 0.29) is 5.69 Å². The second-order valence-corrected chi connectivity index (χ2v) is 5.29. The zero-order valence-electron chi connectivity index (χ0n) is 12.5. The third-order valence-corrected chi connectivity index (χ3v) is 3.50. The second kappa shape index (κ2) is 9.75. The molecule has 0 aliphatic carbocycles. The SMILES string of the molecule is CCCCCCCCCCCCn1nnn(C)c1=O. The third-order valence-electron chi connectivity index (χ3n) is 3.50. The van der Waals surface area contributed by atoms with Crippen LogP contribution in [0.4, 0.5) is 0 Å². The Morgan fingerprint density at radius 3 is 1.84 bits per heavy atom. The average Bonchev–Trinajstić information content (AvgIpc) is 2.73. The van der Waals surface area contributed by atoms with Gasteiger partial charge in [0.1, 0.15) is 0 Å².